The average molecular weight is 337 g/mol. The molecule has 1 fully saturated rings. The Morgan fingerprint density at radius 2 is 1.88 bits per heavy atom. The van der Waals surface area contributed by atoms with Crippen molar-refractivity contribution in [3.05, 3.63) is 30.1 Å². The molecule has 1 heterocycles. The summed E-state index contributed by atoms with van der Waals surface area (Å²) < 4.78 is 13.0. The highest BCUT2D eigenvalue weighted by molar-refractivity contribution is 5.81. The molecule has 2 unspecified atom stereocenters. The molecule has 1 aromatic rings. The van der Waals surface area contributed by atoms with Crippen molar-refractivity contribution < 1.29 is 14.3 Å². The number of halogens is 1. The van der Waals surface area contributed by atoms with E-state index in [0.717, 1.165) is 31.9 Å². The third-order valence-electron chi connectivity index (χ3n) is 4.68. The van der Waals surface area contributed by atoms with E-state index >= 15 is 0 Å². The number of aliphatic hydroxyl groups is 1. The number of nitrogens with one attached hydrogen (secondary N) is 1. The molecule has 0 saturated carbocycles. The molecule has 134 valence electrons. The van der Waals surface area contributed by atoms with Crippen molar-refractivity contribution in [2.24, 2.45) is 0 Å². The maximum Gasteiger partial charge on any atom is 0.237 e. The number of piperazine rings is 1. The number of amides is 1. The predicted molar refractivity (Wildman–Crippen MR) is 93.6 cm³/mol. The molecular formula is C18H28FN3O2. The Kier molecular flexibility index (Phi) is 6.99. The van der Waals surface area contributed by atoms with Crippen molar-refractivity contribution >= 4 is 11.6 Å². The van der Waals surface area contributed by atoms with Gasteiger partial charge in [0.2, 0.25) is 5.91 Å². The summed E-state index contributed by atoms with van der Waals surface area (Å²) in [6, 6.07) is 6.35. The molecule has 5 nitrogen and oxygen atoms in total. The maximum atomic E-state index is 13.0. The van der Waals surface area contributed by atoms with Crippen molar-refractivity contribution in [1.82, 2.24) is 10.2 Å². The van der Waals surface area contributed by atoms with E-state index in [-0.39, 0.29) is 23.9 Å². The lowest BCUT2D eigenvalue weighted by molar-refractivity contribution is -0.126. The monoisotopic (exact) mass is 337 g/mol. The summed E-state index contributed by atoms with van der Waals surface area (Å²) in [5, 5.41) is 12.4. The first-order valence-electron chi connectivity index (χ1n) is 8.71. The zero-order chi connectivity index (χ0) is 17.5. The van der Waals surface area contributed by atoms with Gasteiger partial charge in [-0.1, -0.05) is 6.92 Å². The van der Waals surface area contributed by atoms with Gasteiger partial charge in [-0.05, 0) is 44.0 Å². The molecule has 1 amide bonds. The lowest BCUT2D eigenvalue weighted by Crippen LogP contribution is -2.54. The van der Waals surface area contributed by atoms with Crippen LogP contribution in [0.15, 0.2) is 24.3 Å². The van der Waals surface area contributed by atoms with Gasteiger partial charge in [0.05, 0.1) is 12.1 Å². The van der Waals surface area contributed by atoms with Gasteiger partial charge in [0, 0.05) is 38.4 Å². The average Bonchev–Trinajstić information content (AvgIpc) is 2.61. The molecule has 0 bridgehead atoms. The number of rotatable bonds is 7. The normalized spacial score (nSPS) is 18.2. The van der Waals surface area contributed by atoms with Crippen molar-refractivity contribution in [2.75, 3.05) is 37.6 Å². The van der Waals surface area contributed by atoms with Gasteiger partial charge in [-0.3, -0.25) is 9.69 Å². The molecule has 1 aliphatic rings. The van der Waals surface area contributed by atoms with Gasteiger partial charge in [-0.2, -0.15) is 0 Å². The van der Waals surface area contributed by atoms with Gasteiger partial charge in [-0.15, -0.1) is 0 Å². The molecule has 24 heavy (non-hydrogen) atoms. The second-order valence-electron chi connectivity index (χ2n) is 6.32. The number of hydrogen-bond donors (Lipinski definition) is 2. The molecule has 0 spiro atoms. The number of nitrogens with zero attached hydrogens (tertiary/aromatic N) is 2. The highest BCUT2D eigenvalue weighted by Crippen LogP contribution is 2.17. The molecule has 0 aromatic heterocycles. The first kappa shape index (κ1) is 18.7. The minimum absolute atomic E-state index is 0.00790. The van der Waals surface area contributed by atoms with Crippen molar-refractivity contribution in [1.29, 1.82) is 0 Å². The molecule has 1 aromatic carbocycles. The quantitative estimate of drug-likeness (QED) is 0.794. The summed E-state index contributed by atoms with van der Waals surface area (Å²) >= 11 is 0. The standard InChI is InChI=1S/C18H28FN3O2/c1-3-17(23)8-9-20-18(24)14(2)21-10-12-22(13-11-21)16-6-4-15(19)5-7-16/h4-7,14,17,23H,3,8-13H2,1-2H3,(H,20,24). The summed E-state index contributed by atoms with van der Waals surface area (Å²) in [6.07, 6.45) is 0.948. The van der Waals surface area contributed by atoms with Crippen LogP contribution in [0.3, 0.4) is 0 Å². The van der Waals surface area contributed by atoms with Crippen LogP contribution in [-0.4, -0.2) is 60.8 Å². The summed E-state index contributed by atoms with van der Waals surface area (Å²) in [6.45, 7) is 7.57. The van der Waals surface area contributed by atoms with Crippen LogP contribution >= 0.6 is 0 Å². The number of hydrogen-bond acceptors (Lipinski definition) is 4. The zero-order valence-electron chi connectivity index (χ0n) is 14.5. The van der Waals surface area contributed by atoms with E-state index in [1.165, 1.54) is 12.1 Å². The van der Waals surface area contributed by atoms with E-state index < -0.39 is 0 Å². The molecule has 1 aliphatic heterocycles. The maximum absolute atomic E-state index is 13.0. The third-order valence-corrected chi connectivity index (χ3v) is 4.68. The van der Waals surface area contributed by atoms with Crippen LogP contribution in [0.25, 0.3) is 0 Å². The summed E-state index contributed by atoms with van der Waals surface area (Å²) in [5.74, 6) is -0.218. The number of benzene rings is 1. The van der Waals surface area contributed by atoms with E-state index in [1.807, 2.05) is 13.8 Å². The van der Waals surface area contributed by atoms with Gasteiger partial charge >= 0.3 is 0 Å². The molecule has 0 aliphatic carbocycles. The van der Waals surface area contributed by atoms with E-state index in [0.29, 0.717) is 19.4 Å². The van der Waals surface area contributed by atoms with Gasteiger partial charge in [-0.25, -0.2) is 4.39 Å². The number of anilines is 1. The van der Waals surface area contributed by atoms with E-state index in [9.17, 15) is 14.3 Å². The Morgan fingerprint density at radius 1 is 1.25 bits per heavy atom. The smallest absolute Gasteiger partial charge is 0.237 e. The van der Waals surface area contributed by atoms with Crippen LogP contribution in [0.2, 0.25) is 0 Å². The molecular weight excluding hydrogens is 309 g/mol. The fourth-order valence-corrected chi connectivity index (χ4v) is 2.90. The topological polar surface area (TPSA) is 55.8 Å². The van der Waals surface area contributed by atoms with E-state index in [2.05, 4.69) is 15.1 Å². The van der Waals surface area contributed by atoms with Gasteiger partial charge < -0.3 is 15.3 Å². The first-order chi connectivity index (χ1) is 11.5. The van der Waals surface area contributed by atoms with Crippen LogP contribution in [0.5, 0.6) is 0 Å². The van der Waals surface area contributed by atoms with Gasteiger partial charge in [0.15, 0.2) is 0 Å². The van der Waals surface area contributed by atoms with E-state index in [1.54, 1.807) is 12.1 Å². The fourth-order valence-electron chi connectivity index (χ4n) is 2.90. The lowest BCUT2D eigenvalue weighted by Gasteiger charge is -2.38. The molecule has 2 N–H and O–H groups in total. The van der Waals surface area contributed by atoms with Crippen LogP contribution in [0, 0.1) is 5.82 Å². The van der Waals surface area contributed by atoms with Crippen LogP contribution in [0.1, 0.15) is 26.7 Å². The van der Waals surface area contributed by atoms with E-state index in [4.69, 9.17) is 0 Å². The Balaban J connectivity index is 1.76. The second kappa shape index (κ2) is 8.99. The highest BCUT2D eigenvalue weighted by Gasteiger charge is 2.25. The molecule has 2 rings (SSSR count). The summed E-state index contributed by atoms with van der Waals surface area (Å²) in [5.41, 5.74) is 1.02. The fraction of sp³-hybridized carbons (Fsp3) is 0.611. The Morgan fingerprint density at radius 3 is 2.46 bits per heavy atom. The van der Waals surface area contributed by atoms with Crippen molar-refractivity contribution in [3.8, 4) is 0 Å². The zero-order valence-corrected chi connectivity index (χ0v) is 14.5. The Bertz CT molecular complexity index is 516. The van der Waals surface area contributed by atoms with Gasteiger partial charge in [0.1, 0.15) is 5.82 Å². The minimum atomic E-state index is -0.347. The predicted octanol–water partition coefficient (Wildman–Crippen LogP) is 1.61. The molecule has 2 atom stereocenters. The summed E-state index contributed by atoms with van der Waals surface area (Å²) in [7, 11) is 0. The summed E-state index contributed by atoms with van der Waals surface area (Å²) in [4.78, 5) is 16.6. The number of carbonyl (C=O) groups excluding carboxylic acids is 1. The van der Waals surface area contributed by atoms with Crippen molar-refractivity contribution in [3.63, 3.8) is 0 Å². The highest BCUT2D eigenvalue weighted by atomic mass is 19.1. The number of carbonyl (C=O) groups is 1. The van der Waals surface area contributed by atoms with Gasteiger partial charge in [0.25, 0.3) is 0 Å². The molecule has 6 heteroatoms. The molecule has 1 saturated heterocycles. The minimum Gasteiger partial charge on any atom is -0.393 e. The van der Waals surface area contributed by atoms with Crippen LogP contribution in [0.4, 0.5) is 10.1 Å². The second-order valence-corrected chi connectivity index (χ2v) is 6.32. The Hall–Kier alpha value is -1.66. The third kappa shape index (κ3) is 5.18. The number of aliphatic hydroxyl groups excluding tert-OH is 1. The first-order valence-corrected chi connectivity index (χ1v) is 8.71. The van der Waals surface area contributed by atoms with Crippen LogP contribution in [-0.2, 0) is 4.79 Å². The SMILES string of the molecule is CCC(O)CCNC(=O)C(C)N1CCN(c2ccc(F)cc2)CC1. The van der Waals surface area contributed by atoms with Crippen LogP contribution < -0.4 is 10.2 Å². The molecule has 0 radical (unpaired) electrons. The lowest BCUT2D eigenvalue weighted by atomic mass is 10.1. The largest absolute Gasteiger partial charge is 0.393 e. The van der Waals surface area contributed by atoms with Crippen molar-refractivity contribution in [2.45, 2.75) is 38.8 Å². The Labute approximate surface area is 143 Å².